The van der Waals surface area contributed by atoms with Crippen LogP contribution in [0.25, 0.3) is 0 Å². The SMILES string of the molecule is Cc1ccc(Nc2nc(C3CCCN(Cc4ccnn4C)C3)cs2)nc1. The van der Waals surface area contributed by atoms with Gasteiger partial charge in [-0.25, -0.2) is 9.97 Å². The van der Waals surface area contributed by atoms with Crippen LogP contribution in [0.3, 0.4) is 0 Å². The summed E-state index contributed by atoms with van der Waals surface area (Å²) in [5.41, 5.74) is 3.61. The Labute approximate surface area is 157 Å². The highest BCUT2D eigenvalue weighted by Gasteiger charge is 2.24. The lowest BCUT2D eigenvalue weighted by Gasteiger charge is -2.31. The van der Waals surface area contributed by atoms with E-state index in [1.807, 2.05) is 37.1 Å². The van der Waals surface area contributed by atoms with Crippen LogP contribution in [0.1, 0.15) is 35.7 Å². The summed E-state index contributed by atoms with van der Waals surface area (Å²) in [7, 11) is 2.01. The molecule has 1 N–H and O–H groups in total. The summed E-state index contributed by atoms with van der Waals surface area (Å²) in [4.78, 5) is 11.7. The van der Waals surface area contributed by atoms with E-state index in [2.05, 4.69) is 37.8 Å². The Hall–Kier alpha value is -2.25. The molecule has 136 valence electrons. The molecule has 4 heterocycles. The van der Waals surface area contributed by atoms with Gasteiger partial charge in [-0.2, -0.15) is 5.10 Å². The second-order valence-electron chi connectivity index (χ2n) is 6.94. The van der Waals surface area contributed by atoms with Gasteiger partial charge in [-0.3, -0.25) is 9.58 Å². The predicted molar refractivity (Wildman–Crippen MR) is 105 cm³/mol. The maximum Gasteiger partial charge on any atom is 0.188 e. The molecule has 0 amide bonds. The van der Waals surface area contributed by atoms with Crippen molar-refractivity contribution in [1.29, 1.82) is 0 Å². The largest absolute Gasteiger partial charge is 0.316 e. The lowest BCUT2D eigenvalue weighted by atomic mass is 9.95. The van der Waals surface area contributed by atoms with Gasteiger partial charge < -0.3 is 5.32 Å². The van der Waals surface area contributed by atoms with Crippen molar-refractivity contribution in [2.24, 2.45) is 7.05 Å². The topological polar surface area (TPSA) is 58.9 Å². The molecule has 0 saturated carbocycles. The Bertz CT molecular complexity index is 853. The quantitative estimate of drug-likeness (QED) is 0.744. The molecule has 0 aromatic carbocycles. The molecule has 6 nitrogen and oxygen atoms in total. The van der Waals surface area contributed by atoms with Crippen molar-refractivity contribution < 1.29 is 0 Å². The fraction of sp³-hybridized carbons (Fsp3) is 0.421. The van der Waals surface area contributed by atoms with Crippen LogP contribution >= 0.6 is 11.3 Å². The smallest absolute Gasteiger partial charge is 0.188 e. The standard InChI is InChI=1S/C19H24N6S/c1-14-5-6-18(20-10-14)23-19-22-17(13-26-19)15-4-3-9-25(11-15)12-16-7-8-21-24(16)2/h5-8,10,13,15H,3-4,9,11-12H2,1-2H3,(H,20,22,23). The number of thiazole rings is 1. The number of pyridine rings is 1. The minimum absolute atomic E-state index is 0.495. The normalized spacial score (nSPS) is 18.2. The first-order chi connectivity index (χ1) is 12.7. The first-order valence-electron chi connectivity index (χ1n) is 9.02. The highest BCUT2D eigenvalue weighted by Crippen LogP contribution is 2.31. The van der Waals surface area contributed by atoms with Gasteiger partial charge in [-0.1, -0.05) is 6.07 Å². The molecule has 0 aliphatic carbocycles. The second-order valence-corrected chi connectivity index (χ2v) is 7.80. The third-order valence-corrected chi connectivity index (χ3v) is 5.68. The highest BCUT2D eigenvalue weighted by atomic mass is 32.1. The molecule has 0 spiro atoms. The Balaban J connectivity index is 1.40. The molecule has 1 atom stereocenters. The molecule has 1 aliphatic heterocycles. The van der Waals surface area contributed by atoms with Gasteiger partial charge in [-0.05, 0) is 44.0 Å². The molecule has 1 aliphatic rings. The summed E-state index contributed by atoms with van der Waals surface area (Å²) in [5, 5.41) is 10.7. The van der Waals surface area contributed by atoms with E-state index in [9.17, 15) is 0 Å². The van der Waals surface area contributed by atoms with Crippen LogP contribution in [0.2, 0.25) is 0 Å². The Kier molecular flexibility index (Phi) is 4.99. The van der Waals surface area contributed by atoms with Crippen molar-refractivity contribution in [2.75, 3.05) is 18.4 Å². The molecule has 3 aromatic heterocycles. The summed E-state index contributed by atoms with van der Waals surface area (Å²) in [5.74, 6) is 1.34. The number of hydrogen-bond acceptors (Lipinski definition) is 6. The van der Waals surface area contributed by atoms with E-state index in [0.717, 1.165) is 36.1 Å². The van der Waals surface area contributed by atoms with Crippen LogP contribution in [-0.4, -0.2) is 37.7 Å². The lowest BCUT2D eigenvalue weighted by molar-refractivity contribution is 0.194. The van der Waals surface area contributed by atoms with Crippen molar-refractivity contribution >= 4 is 22.3 Å². The van der Waals surface area contributed by atoms with Gasteiger partial charge in [-0.15, -0.1) is 11.3 Å². The van der Waals surface area contributed by atoms with Crippen LogP contribution in [-0.2, 0) is 13.6 Å². The van der Waals surface area contributed by atoms with E-state index < -0.39 is 0 Å². The number of nitrogens with zero attached hydrogens (tertiary/aromatic N) is 5. The molecule has 1 fully saturated rings. The number of rotatable bonds is 5. The predicted octanol–water partition coefficient (Wildman–Crippen LogP) is 3.70. The molecule has 0 radical (unpaired) electrons. The van der Waals surface area contributed by atoms with E-state index >= 15 is 0 Å². The minimum Gasteiger partial charge on any atom is -0.316 e. The van der Waals surface area contributed by atoms with Gasteiger partial charge >= 0.3 is 0 Å². The van der Waals surface area contributed by atoms with Gasteiger partial charge in [0.15, 0.2) is 5.13 Å². The van der Waals surface area contributed by atoms with Gasteiger partial charge in [0.2, 0.25) is 0 Å². The van der Waals surface area contributed by atoms with Crippen LogP contribution in [0, 0.1) is 6.92 Å². The lowest BCUT2D eigenvalue weighted by Crippen LogP contribution is -2.34. The molecule has 4 rings (SSSR count). The molecule has 0 bridgehead atoms. The van der Waals surface area contributed by atoms with Crippen molar-refractivity contribution in [1.82, 2.24) is 24.6 Å². The van der Waals surface area contributed by atoms with E-state index in [0.29, 0.717) is 5.92 Å². The van der Waals surface area contributed by atoms with Crippen molar-refractivity contribution in [3.63, 3.8) is 0 Å². The van der Waals surface area contributed by atoms with E-state index in [1.54, 1.807) is 11.3 Å². The van der Waals surface area contributed by atoms with Crippen molar-refractivity contribution in [3.05, 3.63) is 52.9 Å². The monoisotopic (exact) mass is 368 g/mol. The number of aryl methyl sites for hydroxylation is 2. The second kappa shape index (κ2) is 7.55. The fourth-order valence-corrected chi connectivity index (χ4v) is 4.21. The molecule has 1 saturated heterocycles. The minimum atomic E-state index is 0.495. The average Bonchev–Trinajstić information content (AvgIpc) is 3.27. The first-order valence-corrected chi connectivity index (χ1v) is 9.89. The zero-order chi connectivity index (χ0) is 17.9. The molecule has 26 heavy (non-hydrogen) atoms. The Morgan fingerprint density at radius 3 is 3.00 bits per heavy atom. The zero-order valence-corrected chi connectivity index (χ0v) is 16.0. The maximum absolute atomic E-state index is 4.82. The van der Waals surface area contributed by atoms with Gasteiger partial charge in [0.25, 0.3) is 0 Å². The van der Waals surface area contributed by atoms with Crippen molar-refractivity contribution in [2.45, 2.75) is 32.2 Å². The molecular weight excluding hydrogens is 344 g/mol. The highest BCUT2D eigenvalue weighted by molar-refractivity contribution is 7.13. The van der Waals surface area contributed by atoms with Gasteiger partial charge in [0.05, 0.1) is 11.4 Å². The number of likely N-dealkylation sites (tertiary alicyclic amines) is 1. The molecule has 3 aromatic rings. The summed E-state index contributed by atoms with van der Waals surface area (Å²) in [6.07, 6.45) is 6.15. The summed E-state index contributed by atoms with van der Waals surface area (Å²) in [6.45, 7) is 5.19. The number of anilines is 2. The average molecular weight is 369 g/mol. The Morgan fingerprint density at radius 1 is 1.31 bits per heavy atom. The molecule has 1 unspecified atom stereocenters. The van der Waals surface area contributed by atoms with E-state index in [1.165, 1.54) is 24.2 Å². The number of nitrogens with one attached hydrogen (secondary N) is 1. The summed E-state index contributed by atoms with van der Waals surface area (Å²) < 4.78 is 1.96. The first kappa shape index (κ1) is 17.2. The van der Waals surface area contributed by atoms with E-state index in [-0.39, 0.29) is 0 Å². The number of hydrogen-bond donors (Lipinski definition) is 1. The van der Waals surface area contributed by atoms with Crippen LogP contribution in [0.5, 0.6) is 0 Å². The number of aromatic nitrogens is 4. The van der Waals surface area contributed by atoms with E-state index in [4.69, 9.17) is 4.98 Å². The van der Waals surface area contributed by atoms with Crippen LogP contribution in [0.15, 0.2) is 36.0 Å². The van der Waals surface area contributed by atoms with Crippen molar-refractivity contribution in [3.8, 4) is 0 Å². The maximum atomic E-state index is 4.82. The molecule has 7 heteroatoms. The van der Waals surface area contributed by atoms with Gasteiger partial charge in [0, 0.05) is 43.8 Å². The van der Waals surface area contributed by atoms with Crippen LogP contribution in [0.4, 0.5) is 10.9 Å². The summed E-state index contributed by atoms with van der Waals surface area (Å²) >= 11 is 1.66. The van der Waals surface area contributed by atoms with Gasteiger partial charge in [0.1, 0.15) is 5.82 Å². The zero-order valence-electron chi connectivity index (χ0n) is 15.2. The number of piperidine rings is 1. The fourth-order valence-electron chi connectivity index (χ4n) is 3.41. The van der Waals surface area contributed by atoms with Crippen LogP contribution < -0.4 is 5.32 Å². The molecular formula is C19H24N6S. The third-order valence-electron chi connectivity index (χ3n) is 4.90. The third kappa shape index (κ3) is 3.94. The summed E-state index contributed by atoms with van der Waals surface area (Å²) in [6, 6.07) is 6.15. The Morgan fingerprint density at radius 2 is 2.23 bits per heavy atom.